The number of nitriles is 1. The van der Waals surface area contributed by atoms with Gasteiger partial charge in [-0.25, -0.2) is 4.98 Å². The molecule has 0 unspecified atom stereocenters. The van der Waals surface area contributed by atoms with Crippen molar-refractivity contribution in [2.45, 2.75) is 0 Å². The Kier molecular flexibility index (Phi) is 3.22. The molecule has 0 N–H and O–H groups in total. The van der Waals surface area contributed by atoms with E-state index in [0.717, 1.165) is 0 Å². The summed E-state index contributed by atoms with van der Waals surface area (Å²) in [6.07, 6.45) is 1.62. The van der Waals surface area contributed by atoms with Crippen LogP contribution in [0.15, 0.2) is 42.6 Å². The van der Waals surface area contributed by atoms with Crippen LogP contribution in [0.25, 0.3) is 0 Å². The van der Waals surface area contributed by atoms with Gasteiger partial charge in [0.1, 0.15) is 5.75 Å². The van der Waals surface area contributed by atoms with Gasteiger partial charge in [-0.2, -0.15) is 5.26 Å². The zero-order valence-electron chi connectivity index (χ0n) is 9.25. The minimum atomic E-state index is 0.380. The summed E-state index contributed by atoms with van der Waals surface area (Å²) in [5.74, 6) is 1.49. The van der Waals surface area contributed by atoms with Gasteiger partial charge < -0.3 is 9.47 Å². The molecule has 17 heavy (non-hydrogen) atoms. The first-order valence-electron chi connectivity index (χ1n) is 5.00. The maximum atomic E-state index is 8.78. The summed E-state index contributed by atoms with van der Waals surface area (Å²) in [6, 6.07) is 12.4. The van der Waals surface area contributed by atoms with Crippen LogP contribution in [0.3, 0.4) is 0 Å². The monoisotopic (exact) mass is 226 g/mol. The van der Waals surface area contributed by atoms with Crippen molar-refractivity contribution >= 4 is 0 Å². The van der Waals surface area contributed by atoms with E-state index in [2.05, 4.69) is 11.1 Å². The first-order valence-corrected chi connectivity index (χ1v) is 5.00. The van der Waals surface area contributed by atoms with Gasteiger partial charge in [0.05, 0.1) is 18.7 Å². The molecule has 0 aliphatic carbocycles. The molecule has 0 saturated carbocycles. The summed E-state index contributed by atoms with van der Waals surface area (Å²) >= 11 is 0. The summed E-state index contributed by atoms with van der Waals surface area (Å²) in [6.45, 7) is 0. The highest BCUT2D eigenvalue weighted by atomic mass is 16.5. The van der Waals surface area contributed by atoms with Crippen molar-refractivity contribution in [2.24, 2.45) is 0 Å². The lowest BCUT2D eigenvalue weighted by Gasteiger charge is -2.08. The smallest absolute Gasteiger partial charge is 0.262 e. The van der Waals surface area contributed by atoms with Gasteiger partial charge in [-0.1, -0.05) is 6.07 Å². The number of pyridine rings is 1. The van der Waals surface area contributed by atoms with Gasteiger partial charge in [0.2, 0.25) is 0 Å². The minimum Gasteiger partial charge on any atom is -0.491 e. The van der Waals surface area contributed by atoms with E-state index in [1.165, 1.54) is 0 Å². The molecule has 0 bridgehead atoms. The summed E-state index contributed by atoms with van der Waals surface area (Å²) in [5, 5.41) is 8.78. The number of nitrogens with zero attached hydrogens (tertiary/aromatic N) is 2. The third-order valence-electron chi connectivity index (χ3n) is 2.13. The highest BCUT2D eigenvalue weighted by Gasteiger charge is 2.06. The van der Waals surface area contributed by atoms with Crippen LogP contribution in [0.1, 0.15) is 5.56 Å². The number of methoxy groups -OCH3 is 1. The fourth-order valence-electron chi connectivity index (χ4n) is 1.35. The lowest BCUT2D eigenvalue weighted by Crippen LogP contribution is -1.92. The molecular weight excluding hydrogens is 216 g/mol. The number of hydrogen-bond donors (Lipinski definition) is 0. The molecule has 2 aromatic rings. The van der Waals surface area contributed by atoms with E-state index in [1.807, 2.05) is 0 Å². The Labute approximate surface area is 99.1 Å². The Hall–Kier alpha value is -2.54. The third-order valence-corrected chi connectivity index (χ3v) is 2.13. The molecule has 1 aromatic carbocycles. The maximum Gasteiger partial charge on any atom is 0.262 e. The topological polar surface area (TPSA) is 55.1 Å². The van der Waals surface area contributed by atoms with Crippen molar-refractivity contribution in [3.8, 4) is 23.4 Å². The molecule has 0 amide bonds. The van der Waals surface area contributed by atoms with Crippen LogP contribution >= 0.6 is 0 Å². The Morgan fingerprint density at radius 1 is 1.24 bits per heavy atom. The molecule has 1 heterocycles. The van der Waals surface area contributed by atoms with Gasteiger partial charge in [0.15, 0.2) is 5.75 Å². The average molecular weight is 226 g/mol. The van der Waals surface area contributed by atoms with Crippen molar-refractivity contribution in [3.63, 3.8) is 0 Å². The summed E-state index contributed by atoms with van der Waals surface area (Å²) in [4.78, 5) is 4.07. The van der Waals surface area contributed by atoms with Crippen LogP contribution in [0.2, 0.25) is 0 Å². The number of aromatic nitrogens is 1. The molecule has 4 heteroatoms. The van der Waals surface area contributed by atoms with Crippen LogP contribution in [0.5, 0.6) is 17.4 Å². The molecule has 0 radical (unpaired) electrons. The second-order valence-electron chi connectivity index (χ2n) is 3.25. The standard InChI is InChI=1S/C13H10N2O2/c1-16-12-6-3-7-15-13(12)17-11-5-2-4-10(8-11)9-14/h2-8H,1H3. The van der Waals surface area contributed by atoms with Crippen LogP contribution in [0, 0.1) is 11.3 Å². The molecule has 4 nitrogen and oxygen atoms in total. The Bertz CT molecular complexity index is 561. The minimum absolute atomic E-state index is 0.380. The van der Waals surface area contributed by atoms with Crippen molar-refractivity contribution in [1.29, 1.82) is 5.26 Å². The quantitative estimate of drug-likeness (QED) is 0.807. The lowest BCUT2D eigenvalue weighted by molar-refractivity contribution is 0.369. The van der Waals surface area contributed by atoms with Crippen molar-refractivity contribution < 1.29 is 9.47 Å². The lowest BCUT2D eigenvalue weighted by atomic mass is 10.2. The predicted molar refractivity (Wildman–Crippen MR) is 62.0 cm³/mol. The fourth-order valence-corrected chi connectivity index (χ4v) is 1.35. The Morgan fingerprint density at radius 2 is 2.12 bits per heavy atom. The van der Waals surface area contributed by atoms with Crippen LogP contribution < -0.4 is 9.47 Å². The zero-order valence-corrected chi connectivity index (χ0v) is 9.25. The second-order valence-corrected chi connectivity index (χ2v) is 3.25. The van der Waals surface area contributed by atoms with Crippen LogP contribution in [-0.4, -0.2) is 12.1 Å². The van der Waals surface area contributed by atoms with Crippen molar-refractivity contribution in [2.75, 3.05) is 7.11 Å². The molecule has 1 aromatic heterocycles. The molecule has 84 valence electrons. The van der Waals surface area contributed by atoms with Gasteiger partial charge in [0, 0.05) is 6.20 Å². The van der Waals surface area contributed by atoms with Gasteiger partial charge in [-0.15, -0.1) is 0 Å². The molecule has 2 rings (SSSR count). The number of benzene rings is 1. The largest absolute Gasteiger partial charge is 0.491 e. The second kappa shape index (κ2) is 4.99. The van der Waals surface area contributed by atoms with E-state index >= 15 is 0 Å². The fraction of sp³-hybridized carbons (Fsp3) is 0.0769. The average Bonchev–Trinajstić information content (AvgIpc) is 2.39. The van der Waals surface area contributed by atoms with Gasteiger partial charge in [-0.05, 0) is 30.3 Å². The Morgan fingerprint density at radius 3 is 2.88 bits per heavy atom. The predicted octanol–water partition coefficient (Wildman–Crippen LogP) is 2.75. The molecule has 0 aliphatic rings. The van der Waals surface area contributed by atoms with E-state index in [4.69, 9.17) is 14.7 Å². The van der Waals surface area contributed by atoms with Gasteiger partial charge >= 0.3 is 0 Å². The van der Waals surface area contributed by atoms with E-state index in [1.54, 1.807) is 49.7 Å². The molecule has 0 fully saturated rings. The summed E-state index contributed by atoms with van der Waals surface area (Å²) in [7, 11) is 1.55. The highest BCUT2D eigenvalue weighted by molar-refractivity contribution is 5.40. The van der Waals surface area contributed by atoms with Crippen LogP contribution in [0.4, 0.5) is 0 Å². The SMILES string of the molecule is COc1cccnc1Oc1cccc(C#N)c1. The molecule has 0 aliphatic heterocycles. The molecule has 0 saturated heterocycles. The normalized spacial score (nSPS) is 9.41. The number of rotatable bonds is 3. The third kappa shape index (κ3) is 2.52. The summed E-state index contributed by atoms with van der Waals surface area (Å²) in [5.41, 5.74) is 0.539. The number of ether oxygens (including phenoxy) is 2. The van der Waals surface area contributed by atoms with Gasteiger partial charge in [0.25, 0.3) is 5.88 Å². The first kappa shape index (κ1) is 11.0. The van der Waals surface area contributed by atoms with E-state index < -0.39 is 0 Å². The summed E-state index contributed by atoms with van der Waals surface area (Å²) < 4.78 is 10.7. The molecule has 0 spiro atoms. The zero-order chi connectivity index (χ0) is 12.1. The van der Waals surface area contributed by atoms with E-state index in [9.17, 15) is 0 Å². The number of hydrogen-bond acceptors (Lipinski definition) is 4. The van der Waals surface area contributed by atoms with E-state index in [-0.39, 0.29) is 0 Å². The highest BCUT2D eigenvalue weighted by Crippen LogP contribution is 2.28. The first-order chi connectivity index (χ1) is 8.33. The molecule has 0 atom stereocenters. The van der Waals surface area contributed by atoms with Crippen molar-refractivity contribution in [1.82, 2.24) is 4.98 Å². The van der Waals surface area contributed by atoms with E-state index in [0.29, 0.717) is 22.9 Å². The maximum absolute atomic E-state index is 8.78. The van der Waals surface area contributed by atoms with Crippen molar-refractivity contribution in [3.05, 3.63) is 48.2 Å². The Balaban J connectivity index is 2.28. The van der Waals surface area contributed by atoms with Gasteiger partial charge in [-0.3, -0.25) is 0 Å². The molecular formula is C13H10N2O2. The van der Waals surface area contributed by atoms with Crippen LogP contribution in [-0.2, 0) is 0 Å².